The number of nitrogens with zero attached hydrogens (tertiary/aromatic N) is 1. The van der Waals surface area contributed by atoms with Gasteiger partial charge in [0, 0.05) is 17.8 Å². The van der Waals surface area contributed by atoms with Gasteiger partial charge in [-0.2, -0.15) is 0 Å². The zero-order chi connectivity index (χ0) is 27.9. The summed E-state index contributed by atoms with van der Waals surface area (Å²) < 4.78 is 16.9. The van der Waals surface area contributed by atoms with Crippen LogP contribution in [0.2, 0.25) is 0 Å². The monoisotopic (exact) mass is 576 g/mol. The van der Waals surface area contributed by atoms with Crippen molar-refractivity contribution in [1.82, 2.24) is 10.2 Å². The van der Waals surface area contributed by atoms with Gasteiger partial charge in [0.25, 0.3) is 11.8 Å². The fourth-order valence-corrected chi connectivity index (χ4v) is 6.76. The first-order valence-electron chi connectivity index (χ1n) is 12.6. The highest BCUT2D eigenvalue weighted by molar-refractivity contribution is 8.06. The van der Waals surface area contributed by atoms with Crippen LogP contribution in [0.25, 0.3) is 0 Å². The van der Waals surface area contributed by atoms with E-state index in [-0.39, 0.29) is 18.2 Å². The standard InChI is InChI=1S/C30H28N2O6S2/c1-36-19-40-23-18-39-29-25(31-24(33)17-37-22-15-9-4-10-16-22)28(34)32(29)26(23)30(35)38-27(20-11-5-2-6-12-20)21-13-7-3-8-14-21/h2-16,25,27,29H,17-19H2,1H3,(H,31,33)/t25-,29-/m1/s1. The number of fused-ring (bicyclic) bond motifs is 1. The first-order valence-corrected chi connectivity index (χ1v) is 14.7. The SMILES string of the molecule is COCSC1=C(C(=O)OC(c2ccccc2)c2ccccc2)N2C(=O)[C@@H](NC(=O)COc3ccccc3)[C@H]2SC1. The van der Waals surface area contributed by atoms with Gasteiger partial charge in [-0.25, -0.2) is 4.79 Å². The Morgan fingerprint density at radius 1 is 0.975 bits per heavy atom. The Morgan fingerprint density at radius 2 is 1.57 bits per heavy atom. The van der Waals surface area contributed by atoms with Gasteiger partial charge in [-0.05, 0) is 23.3 Å². The average molecular weight is 577 g/mol. The van der Waals surface area contributed by atoms with E-state index in [0.29, 0.717) is 22.3 Å². The Labute approximate surface area is 241 Å². The van der Waals surface area contributed by atoms with Crippen LogP contribution in [0.3, 0.4) is 0 Å². The van der Waals surface area contributed by atoms with Crippen LogP contribution in [0.1, 0.15) is 17.2 Å². The van der Waals surface area contributed by atoms with E-state index in [1.165, 1.54) is 28.4 Å². The second-order valence-corrected chi connectivity index (χ2v) is 11.1. The number of carbonyl (C=O) groups is 3. The Balaban J connectivity index is 1.34. The lowest BCUT2D eigenvalue weighted by Gasteiger charge is -2.49. The molecule has 2 aliphatic heterocycles. The fraction of sp³-hybridized carbons (Fsp3) is 0.233. The highest BCUT2D eigenvalue weighted by Gasteiger charge is 2.54. The van der Waals surface area contributed by atoms with Gasteiger partial charge >= 0.3 is 5.97 Å². The van der Waals surface area contributed by atoms with Gasteiger partial charge in [-0.15, -0.1) is 11.8 Å². The highest BCUT2D eigenvalue weighted by atomic mass is 32.2. The number of methoxy groups -OCH3 is 1. The second kappa shape index (κ2) is 13.1. The lowest BCUT2D eigenvalue weighted by molar-refractivity contribution is -0.154. The van der Waals surface area contributed by atoms with Crippen molar-refractivity contribution in [3.63, 3.8) is 0 Å². The molecule has 40 heavy (non-hydrogen) atoms. The van der Waals surface area contributed by atoms with E-state index in [4.69, 9.17) is 14.2 Å². The van der Waals surface area contributed by atoms with Crippen LogP contribution >= 0.6 is 23.5 Å². The normalized spacial score (nSPS) is 18.1. The molecule has 2 heterocycles. The minimum absolute atomic E-state index is 0.193. The van der Waals surface area contributed by atoms with E-state index in [9.17, 15) is 14.4 Å². The van der Waals surface area contributed by atoms with Gasteiger partial charge in [0.15, 0.2) is 12.7 Å². The molecule has 0 spiro atoms. The molecule has 0 aromatic heterocycles. The van der Waals surface area contributed by atoms with E-state index in [1.54, 1.807) is 19.2 Å². The molecule has 10 heteroatoms. The Bertz CT molecular complexity index is 1330. The summed E-state index contributed by atoms with van der Waals surface area (Å²) in [6.07, 6.45) is -0.661. The van der Waals surface area contributed by atoms with Crippen molar-refractivity contribution in [3.05, 3.63) is 113 Å². The van der Waals surface area contributed by atoms with Crippen LogP contribution in [0.4, 0.5) is 0 Å². The predicted molar refractivity (Wildman–Crippen MR) is 154 cm³/mol. The third-order valence-electron chi connectivity index (χ3n) is 6.34. The van der Waals surface area contributed by atoms with Crippen LogP contribution in [-0.4, -0.2) is 59.5 Å². The molecular formula is C30H28N2O6S2. The number of thioether (sulfide) groups is 2. The molecule has 2 aliphatic rings. The minimum Gasteiger partial charge on any atom is -0.484 e. The summed E-state index contributed by atoms with van der Waals surface area (Å²) in [5.74, 6) is -0.0391. The van der Waals surface area contributed by atoms with Crippen molar-refractivity contribution in [1.29, 1.82) is 0 Å². The molecule has 5 rings (SSSR count). The average Bonchev–Trinajstić information content (AvgIpc) is 3.01. The maximum Gasteiger partial charge on any atom is 0.356 e. The van der Waals surface area contributed by atoms with Gasteiger partial charge in [0.1, 0.15) is 22.9 Å². The molecule has 1 N–H and O–H groups in total. The lowest BCUT2D eigenvalue weighted by atomic mass is 10.0. The summed E-state index contributed by atoms with van der Waals surface area (Å²) >= 11 is 2.83. The van der Waals surface area contributed by atoms with Crippen LogP contribution < -0.4 is 10.1 Å². The number of ether oxygens (including phenoxy) is 3. The molecule has 0 saturated carbocycles. The van der Waals surface area contributed by atoms with Gasteiger partial charge in [0.05, 0.1) is 5.94 Å². The first kappa shape index (κ1) is 27.8. The number of esters is 1. The molecule has 1 fully saturated rings. The van der Waals surface area contributed by atoms with E-state index in [1.807, 2.05) is 78.9 Å². The maximum atomic E-state index is 13.8. The zero-order valence-corrected chi connectivity index (χ0v) is 23.4. The fourth-order valence-electron chi connectivity index (χ4n) is 4.45. The quantitative estimate of drug-likeness (QED) is 0.205. The molecule has 3 aromatic carbocycles. The number of benzene rings is 3. The maximum absolute atomic E-state index is 13.8. The van der Waals surface area contributed by atoms with E-state index >= 15 is 0 Å². The highest BCUT2D eigenvalue weighted by Crippen LogP contribution is 2.44. The Kier molecular flexibility index (Phi) is 9.10. The number of hydrogen-bond acceptors (Lipinski definition) is 8. The van der Waals surface area contributed by atoms with Crippen LogP contribution in [0.15, 0.2) is 102 Å². The predicted octanol–water partition coefficient (Wildman–Crippen LogP) is 4.35. The third-order valence-corrected chi connectivity index (χ3v) is 8.84. The van der Waals surface area contributed by atoms with Crippen molar-refractivity contribution >= 4 is 41.3 Å². The molecule has 1 saturated heterocycles. The number of nitrogens with one attached hydrogen (secondary N) is 1. The van der Waals surface area contributed by atoms with Crippen LogP contribution in [0, 0.1) is 0 Å². The number of β-lactam (4-membered cyclic amide) rings is 1. The van der Waals surface area contributed by atoms with E-state index in [2.05, 4.69) is 5.32 Å². The molecular weight excluding hydrogens is 548 g/mol. The Hall–Kier alpha value is -3.73. The van der Waals surface area contributed by atoms with Gasteiger partial charge in [-0.1, -0.05) is 90.6 Å². The summed E-state index contributed by atoms with van der Waals surface area (Å²) in [5.41, 5.74) is 1.82. The molecule has 0 aliphatic carbocycles. The van der Waals surface area contributed by atoms with E-state index < -0.39 is 29.4 Å². The number of carbonyl (C=O) groups excluding carboxylic acids is 3. The molecule has 2 amide bonds. The second-order valence-electron chi connectivity index (χ2n) is 8.99. The topological polar surface area (TPSA) is 94.2 Å². The molecule has 8 nitrogen and oxygen atoms in total. The van der Waals surface area contributed by atoms with E-state index in [0.717, 1.165) is 11.1 Å². The number of hydrogen-bond donors (Lipinski definition) is 1. The third kappa shape index (κ3) is 6.19. The van der Waals surface area contributed by atoms with Gasteiger partial charge < -0.3 is 19.5 Å². The first-order chi connectivity index (χ1) is 19.6. The van der Waals surface area contributed by atoms with Crippen molar-refractivity contribution in [2.24, 2.45) is 0 Å². The summed E-state index contributed by atoms with van der Waals surface area (Å²) in [7, 11) is 1.57. The van der Waals surface area contributed by atoms with Crippen molar-refractivity contribution in [2.45, 2.75) is 17.5 Å². The summed E-state index contributed by atoms with van der Waals surface area (Å²) in [4.78, 5) is 41.9. The summed E-state index contributed by atoms with van der Waals surface area (Å²) in [6.45, 7) is -0.222. The van der Waals surface area contributed by atoms with Crippen LogP contribution in [0.5, 0.6) is 5.75 Å². The Morgan fingerprint density at radius 3 is 2.17 bits per heavy atom. The van der Waals surface area contributed by atoms with Gasteiger partial charge in [0.2, 0.25) is 0 Å². The number of para-hydroxylation sites is 1. The number of amides is 2. The lowest BCUT2D eigenvalue weighted by Crippen LogP contribution is -2.70. The van der Waals surface area contributed by atoms with Gasteiger partial charge in [-0.3, -0.25) is 14.5 Å². The molecule has 0 bridgehead atoms. The minimum atomic E-state index is -0.771. The zero-order valence-electron chi connectivity index (χ0n) is 21.7. The molecule has 0 radical (unpaired) electrons. The van der Waals surface area contributed by atoms with Crippen LogP contribution in [-0.2, 0) is 23.9 Å². The summed E-state index contributed by atoms with van der Waals surface area (Å²) in [6, 6.07) is 27.2. The molecule has 2 atom stereocenters. The molecule has 3 aromatic rings. The largest absolute Gasteiger partial charge is 0.484 e. The van der Waals surface area contributed by atoms with Crippen molar-refractivity contribution in [3.8, 4) is 5.75 Å². The molecule has 206 valence electrons. The summed E-state index contributed by atoms with van der Waals surface area (Å²) in [5, 5.41) is 2.33. The van der Waals surface area contributed by atoms with Crippen molar-refractivity contribution in [2.75, 3.05) is 25.4 Å². The molecule has 0 unspecified atom stereocenters. The van der Waals surface area contributed by atoms with Crippen molar-refractivity contribution < 1.29 is 28.6 Å². The number of rotatable bonds is 11. The smallest absolute Gasteiger partial charge is 0.356 e.